The first-order valence-corrected chi connectivity index (χ1v) is 17.6. The number of benzene rings is 1. The third-order valence-electron chi connectivity index (χ3n) is 9.58. The van der Waals surface area contributed by atoms with Crippen molar-refractivity contribution in [3.63, 3.8) is 0 Å². The van der Waals surface area contributed by atoms with Gasteiger partial charge in [-0.3, -0.25) is 29.5 Å². The number of hydrogen-bond donors (Lipinski definition) is 1. The number of anilines is 1. The first-order chi connectivity index (χ1) is 23.6. The highest BCUT2D eigenvalue weighted by atomic mass is 32.1. The molecular weight excluding hydrogens is 639 g/mol. The Morgan fingerprint density at radius 2 is 1.88 bits per heavy atom. The number of pyridine rings is 1. The molecule has 254 valence electrons. The molecule has 7 rings (SSSR count). The second-order valence-corrected chi connectivity index (χ2v) is 14.5. The van der Waals surface area contributed by atoms with Gasteiger partial charge in [0, 0.05) is 45.0 Å². The quantitative estimate of drug-likeness (QED) is 0.254. The summed E-state index contributed by atoms with van der Waals surface area (Å²) in [7, 11) is 1.84. The number of rotatable bonds is 9. The van der Waals surface area contributed by atoms with Crippen LogP contribution in [0.2, 0.25) is 0 Å². The van der Waals surface area contributed by atoms with Gasteiger partial charge in [0.25, 0.3) is 0 Å². The number of aryl methyl sites for hydroxylation is 2. The molecule has 1 spiro atoms. The molecule has 49 heavy (non-hydrogen) atoms. The molecule has 6 heterocycles. The summed E-state index contributed by atoms with van der Waals surface area (Å²) in [5, 5.41) is 14.2. The lowest BCUT2D eigenvalue weighted by Gasteiger charge is -2.28. The summed E-state index contributed by atoms with van der Waals surface area (Å²) in [4.78, 5) is 47.8. The van der Waals surface area contributed by atoms with E-state index in [1.54, 1.807) is 27.2 Å². The Morgan fingerprint density at radius 1 is 1.08 bits per heavy atom. The van der Waals surface area contributed by atoms with Crippen LogP contribution in [-0.2, 0) is 16.6 Å². The molecule has 2 amide bonds. The number of carbonyl (C=O) groups is 2. The van der Waals surface area contributed by atoms with Crippen molar-refractivity contribution in [2.24, 2.45) is 12.5 Å². The predicted molar refractivity (Wildman–Crippen MR) is 189 cm³/mol. The Bertz CT molecular complexity index is 1930. The summed E-state index contributed by atoms with van der Waals surface area (Å²) in [5.41, 5.74) is 3.10. The van der Waals surface area contributed by atoms with Gasteiger partial charge in [0.1, 0.15) is 22.9 Å². The molecule has 2 saturated heterocycles. The molecular formula is C36H41N9O3S. The van der Waals surface area contributed by atoms with Gasteiger partial charge >= 0.3 is 0 Å². The summed E-state index contributed by atoms with van der Waals surface area (Å²) in [6, 6.07) is 11.3. The molecule has 3 aromatic heterocycles. The van der Waals surface area contributed by atoms with E-state index in [0.717, 1.165) is 51.6 Å². The number of ether oxygens (including phenoxy) is 1. The van der Waals surface area contributed by atoms with Crippen LogP contribution in [0, 0.1) is 17.7 Å². The van der Waals surface area contributed by atoms with Crippen LogP contribution in [0.25, 0.3) is 16.3 Å². The van der Waals surface area contributed by atoms with Crippen molar-refractivity contribution in [1.29, 1.82) is 5.41 Å². The van der Waals surface area contributed by atoms with Gasteiger partial charge in [-0.2, -0.15) is 5.10 Å². The minimum absolute atomic E-state index is 0.0562. The largest absolute Gasteiger partial charge is 0.491 e. The van der Waals surface area contributed by atoms with Gasteiger partial charge in [0.05, 0.1) is 34.3 Å². The van der Waals surface area contributed by atoms with E-state index in [2.05, 4.69) is 26.0 Å². The smallest absolute Gasteiger partial charge is 0.237 e. The van der Waals surface area contributed by atoms with Crippen LogP contribution < -0.4 is 9.64 Å². The van der Waals surface area contributed by atoms with Gasteiger partial charge in [-0.25, -0.2) is 15.0 Å². The van der Waals surface area contributed by atoms with E-state index < -0.39 is 5.41 Å². The Labute approximate surface area is 290 Å². The van der Waals surface area contributed by atoms with E-state index in [0.29, 0.717) is 62.3 Å². The van der Waals surface area contributed by atoms with Crippen LogP contribution in [0.5, 0.6) is 5.75 Å². The van der Waals surface area contributed by atoms with E-state index in [9.17, 15) is 9.59 Å². The lowest BCUT2D eigenvalue weighted by Crippen LogP contribution is -2.43. The summed E-state index contributed by atoms with van der Waals surface area (Å²) >= 11 is 1.57. The van der Waals surface area contributed by atoms with Crippen molar-refractivity contribution in [3.8, 4) is 16.5 Å². The Balaban J connectivity index is 0.958. The molecule has 1 aromatic carbocycles. The lowest BCUT2D eigenvalue weighted by atomic mass is 9.85. The fourth-order valence-corrected chi connectivity index (χ4v) is 7.82. The maximum absolute atomic E-state index is 14.0. The number of aromatic nitrogens is 5. The average Bonchev–Trinajstić information content (AvgIpc) is 3.90. The Hall–Kier alpha value is -4.75. The zero-order valence-electron chi connectivity index (χ0n) is 28.3. The van der Waals surface area contributed by atoms with Gasteiger partial charge < -0.3 is 9.64 Å². The first-order valence-electron chi connectivity index (χ1n) is 16.8. The van der Waals surface area contributed by atoms with Crippen LogP contribution in [0.15, 0.2) is 55.0 Å². The number of carbonyl (C=O) groups excluding carboxylic acids is 2. The van der Waals surface area contributed by atoms with Gasteiger partial charge in [-0.1, -0.05) is 12.1 Å². The van der Waals surface area contributed by atoms with Crippen molar-refractivity contribution < 1.29 is 14.3 Å². The molecule has 12 nitrogen and oxygen atoms in total. The minimum Gasteiger partial charge on any atom is -0.491 e. The van der Waals surface area contributed by atoms with Gasteiger partial charge in [0.2, 0.25) is 11.8 Å². The molecule has 0 bridgehead atoms. The monoisotopic (exact) mass is 679 g/mol. The van der Waals surface area contributed by atoms with Gasteiger partial charge in [0.15, 0.2) is 5.82 Å². The van der Waals surface area contributed by atoms with E-state index in [-0.39, 0.29) is 17.9 Å². The van der Waals surface area contributed by atoms with Crippen molar-refractivity contribution in [2.75, 3.05) is 44.2 Å². The highest BCUT2D eigenvalue weighted by Crippen LogP contribution is 2.42. The SMILES string of the molecule is Cc1ccc(N2CC[C@]3(CCN(CC(=O)N4CC=C(c5ncc(-c6ncn(C)n6)s5)CC4)C3)C2=O)nc1C(=N)c1ccc(OC(C)C)cc1. The highest BCUT2D eigenvalue weighted by Gasteiger charge is 2.51. The fraction of sp³-hybridized carbons (Fsp3) is 0.417. The fourth-order valence-electron chi connectivity index (χ4n) is 6.90. The van der Waals surface area contributed by atoms with Crippen LogP contribution in [0.1, 0.15) is 54.9 Å². The van der Waals surface area contributed by atoms with Crippen molar-refractivity contribution in [2.45, 2.75) is 46.1 Å². The molecule has 3 aliphatic heterocycles. The third-order valence-corrected chi connectivity index (χ3v) is 10.6. The molecule has 13 heteroatoms. The van der Waals surface area contributed by atoms with Crippen molar-refractivity contribution >= 4 is 40.3 Å². The first kappa shape index (κ1) is 32.8. The van der Waals surface area contributed by atoms with E-state index in [1.807, 2.05) is 75.3 Å². The molecule has 2 fully saturated rings. The second kappa shape index (κ2) is 13.3. The zero-order chi connectivity index (χ0) is 34.3. The molecule has 0 aliphatic carbocycles. The van der Waals surface area contributed by atoms with Crippen LogP contribution in [0.4, 0.5) is 5.82 Å². The standard InChI is InChI=1S/C36H41N9O3S/c1-23(2)48-27-8-6-25(7-9-27)31(37)32-24(3)5-10-29(40-32)45-18-14-36(35(45)47)13-17-43(21-36)20-30(46)44-15-11-26(12-16-44)34-38-19-28(49-34)33-39-22-42(4)41-33/h5-11,19,22-23,37H,12-18,20-21H2,1-4H3/t36-/m0/s1. The number of amides is 2. The predicted octanol–water partition coefficient (Wildman–Crippen LogP) is 4.59. The lowest BCUT2D eigenvalue weighted by molar-refractivity contribution is -0.132. The second-order valence-electron chi connectivity index (χ2n) is 13.4. The number of likely N-dealkylation sites (tertiary alicyclic amines) is 1. The van der Waals surface area contributed by atoms with Crippen LogP contribution >= 0.6 is 11.3 Å². The number of thiazole rings is 1. The highest BCUT2D eigenvalue weighted by molar-refractivity contribution is 7.16. The number of hydrogen-bond acceptors (Lipinski definition) is 10. The van der Waals surface area contributed by atoms with E-state index >= 15 is 0 Å². The number of nitrogens with zero attached hydrogens (tertiary/aromatic N) is 8. The maximum atomic E-state index is 14.0. The molecule has 0 unspecified atom stereocenters. The van der Waals surface area contributed by atoms with E-state index in [4.69, 9.17) is 15.1 Å². The Morgan fingerprint density at radius 3 is 2.59 bits per heavy atom. The topological polar surface area (TPSA) is 133 Å². The molecule has 1 atom stereocenters. The molecule has 0 saturated carbocycles. The maximum Gasteiger partial charge on any atom is 0.237 e. The summed E-state index contributed by atoms with van der Waals surface area (Å²) in [6.07, 6.45) is 7.83. The normalized spacial score (nSPS) is 19.7. The molecule has 1 N–H and O–H groups in total. The number of nitrogens with one attached hydrogen (secondary N) is 1. The van der Waals surface area contributed by atoms with Gasteiger partial charge in [-0.15, -0.1) is 11.3 Å². The Kier molecular flexibility index (Phi) is 8.88. The molecule has 4 aromatic rings. The average molecular weight is 680 g/mol. The van der Waals surface area contributed by atoms with Crippen molar-refractivity contribution in [3.05, 3.63) is 76.8 Å². The van der Waals surface area contributed by atoms with Crippen LogP contribution in [0.3, 0.4) is 0 Å². The van der Waals surface area contributed by atoms with Gasteiger partial charge in [-0.05, 0) is 88.0 Å². The van der Waals surface area contributed by atoms with Crippen LogP contribution in [-0.4, -0.2) is 97.4 Å². The molecule has 3 aliphatic rings. The summed E-state index contributed by atoms with van der Waals surface area (Å²) in [6.45, 7) is 9.21. The minimum atomic E-state index is -0.521. The summed E-state index contributed by atoms with van der Waals surface area (Å²) < 4.78 is 7.43. The zero-order valence-corrected chi connectivity index (χ0v) is 29.2. The summed E-state index contributed by atoms with van der Waals surface area (Å²) in [5.74, 6) is 2.14. The van der Waals surface area contributed by atoms with Crippen molar-refractivity contribution in [1.82, 2.24) is 34.5 Å². The molecule has 0 radical (unpaired) electrons. The van der Waals surface area contributed by atoms with E-state index in [1.165, 1.54) is 0 Å². The third kappa shape index (κ3) is 6.64.